The molecule has 43 heavy (non-hydrogen) atoms. The van der Waals surface area contributed by atoms with Crippen molar-refractivity contribution in [2.75, 3.05) is 18.8 Å². The number of carbonyl (C=O) groups is 1. The van der Waals surface area contributed by atoms with Crippen LogP contribution in [0.1, 0.15) is 48.9 Å². The Labute approximate surface area is 246 Å². The summed E-state index contributed by atoms with van der Waals surface area (Å²) in [7, 11) is -4.51. The maximum atomic E-state index is 14.2. The van der Waals surface area contributed by atoms with Gasteiger partial charge < -0.3 is 10.8 Å². The highest BCUT2D eigenvalue weighted by Crippen LogP contribution is 2.40. The van der Waals surface area contributed by atoms with Crippen LogP contribution < -0.4 is 11.3 Å². The Hall–Kier alpha value is -4.16. The molecule has 0 radical (unpaired) electrons. The summed E-state index contributed by atoms with van der Waals surface area (Å²) in [5.74, 6) is -1.42. The van der Waals surface area contributed by atoms with Gasteiger partial charge in [0.2, 0.25) is 0 Å². The van der Waals surface area contributed by atoms with Crippen molar-refractivity contribution in [1.29, 1.82) is 0 Å². The fourth-order valence-corrected chi connectivity index (χ4v) is 7.60. The average molecular weight is 614 g/mol. The van der Waals surface area contributed by atoms with E-state index in [1.165, 1.54) is 6.07 Å². The lowest BCUT2D eigenvalue weighted by Gasteiger charge is -2.35. The Balaban J connectivity index is 1.84. The minimum absolute atomic E-state index is 0.00298. The Morgan fingerprint density at radius 2 is 1.72 bits per heavy atom. The van der Waals surface area contributed by atoms with Crippen LogP contribution in [0.25, 0.3) is 21.9 Å². The second kappa shape index (κ2) is 11.5. The van der Waals surface area contributed by atoms with Crippen molar-refractivity contribution in [2.24, 2.45) is 0 Å². The SMILES string of the molecule is CCCCCN1CC(C(=O)O)n2c(c(-c3cccc(C(F)(F)F)c3)c(Cc3ccc(N)c4ccccc34)cc2=O)S1(=O)=O. The van der Waals surface area contributed by atoms with Gasteiger partial charge in [0, 0.05) is 35.8 Å². The molecule has 12 heteroatoms. The molecule has 3 aromatic carbocycles. The molecule has 8 nitrogen and oxygen atoms in total. The monoisotopic (exact) mass is 613 g/mol. The number of fused-ring (bicyclic) bond motifs is 2. The number of benzene rings is 3. The molecule has 0 saturated heterocycles. The van der Waals surface area contributed by atoms with Crippen LogP contribution in [0.2, 0.25) is 0 Å². The maximum absolute atomic E-state index is 14.2. The third-order valence-corrected chi connectivity index (χ3v) is 9.67. The largest absolute Gasteiger partial charge is 0.480 e. The first-order chi connectivity index (χ1) is 20.3. The van der Waals surface area contributed by atoms with Crippen molar-refractivity contribution in [1.82, 2.24) is 8.87 Å². The number of aromatic nitrogens is 1. The number of hydrogen-bond acceptors (Lipinski definition) is 5. The van der Waals surface area contributed by atoms with E-state index >= 15 is 0 Å². The van der Waals surface area contributed by atoms with Crippen molar-refractivity contribution < 1.29 is 31.5 Å². The predicted molar refractivity (Wildman–Crippen MR) is 157 cm³/mol. The topological polar surface area (TPSA) is 123 Å². The summed E-state index contributed by atoms with van der Waals surface area (Å²) in [4.78, 5) is 26.0. The van der Waals surface area contributed by atoms with E-state index in [1.807, 2.05) is 13.0 Å². The lowest BCUT2D eigenvalue weighted by atomic mass is 9.92. The summed E-state index contributed by atoms with van der Waals surface area (Å²) < 4.78 is 71.6. The highest BCUT2D eigenvalue weighted by Gasteiger charge is 2.43. The van der Waals surface area contributed by atoms with Gasteiger partial charge in [-0.3, -0.25) is 9.36 Å². The van der Waals surface area contributed by atoms with Gasteiger partial charge in [-0.2, -0.15) is 17.5 Å². The van der Waals surface area contributed by atoms with Crippen LogP contribution >= 0.6 is 0 Å². The van der Waals surface area contributed by atoms with Gasteiger partial charge in [-0.05, 0) is 53.1 Å². The third-order valence-electron chi connectivity index (χ3n) is 7.77. The quantitative estimate of drug-likeness (QED) is 0.195. The van der Waals surface area contributed by atoms with Gasteiger partial charge in [0.1, 0.15) is 6.04 Å². The van der Waals surface area contributed by atoms with Gasteiger partial charge in [0.15, 0.2) is 5.03 Å². The molecule has 1 aliphatic rings. The number of nitrogens with two attached hydrogens (primary N) is 1. The standard InChI is InChI=1S/C31H30F3N3O5S/c1-2-3-6-14-36-18-26(30(39)40)37-27(38)17-21(15-19-12-13-25(35)24-11-5-4-10-23(19)24)28(29(37)43(36,41)42)20-8-7-9-22(16-20)31(32,33)34/h4-5,7-13,16-17,26H,2-3,6,14-15,18,35H2,1H3,(H,39,40). The molecule has 1 aromatic heterocycles. The molecule has 0 spiro atoms. The van der Waals surface area contributed by atoms with E-state index in [0.717, 1.165) is 45.8 Å². The summed E-state index contributed by atoms with van der Waals surface area (Å²) >= 11 is 0. The van der Waals surface area contributed by atoms with Crippen molar-refractivity contribution in [3.8, 4) is 11.1 Å². The van der Waals surface area contributed by atoms with Crippen LogP contribution in [0.3, 0.4) is 0 Å². The molecular weight excluding hydrogens is 583 g/mol. The van der Waals surface area contributed by atoms with Crippen LogP contribution in [0.5, 0.6) is 0 Å². The number of alkyl halides is 3. The van der Waals surface area contributed by atoms with E-state index in [0.29, 0.717) is 28.7 Å². The molecule has 1 aliphatic heterocycles. The lowest BCUT2D eigenvalue weighted by molar-refractivity contribution is -0.141. The number of nitrogen functional groups attached to an aromatic ring is 1. The van der Waals surface area contributed by atoms with Crippen LogP contribution in [0.15, 0.2) is 76.6 Å². The Morgan fingerprint density at radius 1 is 1.00 bits per heavy atom. The first kappa shape index (κ1) is 30.3. The number of unbranched alkanes of at least 4 members (excludes halogenated alkanes) is 2. The first-order valence-corrected chi connectivity index (χ1v) is 15.2. The molecule has 1 unspecified atom stereocenters. The van der Waals surface area contributed by atoms with Crippen molar-refractivity contribution >= 4 is 32.5 Å². The van der Waals surface area contributed by atoms with Crippen LogP contribution in [0.4, 0.5) is 18.9 Å². The molecule has 0 amide bonds. The highest BCUT2D eigenvalue weighted by molar-refractivity contribution is 7.89. The molecule has 0 saturated carbocycles. The molecule has 0 fully saturated rings. The first-order valence-electron chi connectivity index (χ1n) is 13.8. The minimum Gasteiger partial charge on any atom is -0.480 e. The smallest absolute Gasteiger partial charge is 0.416 e. The molecule has 2 heterocycles. The number of pyridine rings is 1. The van der Waals surface area contributed by atoms with E-state index in [2.05, 4.69) is 0 Å². The van der Waals surface area contributed by atoms with Crippen LogP contribution in [0, 0.1) is 0 Å². The Bertz CT molecular complexity index is 1890. The minimum atomic E-state index is -4.73. The molecule has 5 rings (SSSR count). The van der Waals surface area contributed by atoms with E-state index in [-0.39, 0.29) is 29.7 Å². The van der Waals surface area contributed by atoms with Gasteiger partial charge >= 0.3 is 12.1 Å². The second-order valence-corrected chi connectivity index (χ2v) is 12.5. The van der Waals surface area contributed by atoms with Gasteiger partial charge in [-0.1, -0.05) is 62.2 Å². The summed E-state index contributed by atoms with van der Waals surface area (Å²) in [6.45, 7) is 1.46. The molecule has 1 atom stereocenters. The normalized spacial score (nSPS) is 16.7. The number of halogens is 3. The number of nitrogens with zero attached hydrogens (tertiary/aromatic N) is 2. The van der Waals surface area contributed by atoms with Crippen molar-refractivity contribution in [3.63, 3.8) is 0 Å². The number of sulfonamides is 1. The molecule has 226 valence electrons. The number of aliphatic carboxylic acids is 1. The average Bonchev–Trinajstić information content (AvgIpc) is 2.95. The molecular formula is C31H30F3N3O5S. The third kappa shape index (κ3) is 5.64. The maximum Gasteiger partial charge on any atom is 0.416 e. The van der Waals surface area contributed by atoms with Gasteiger partial charge in [-0.25, -0.2) is 13.2 Å². The zero-order valence-electron chi connectivity index (χ0n) is 23.3. The summed E-state index contributed by atoms with van der Waals surface area (Å²) in [5.41, 5.74) is 5.33. The van der Waals surface area contributed by atoms with E-state index in [4.69, 9.17) is 5.73 Å². The fourth-order valence-electron chi connectivity index (χ4n) is 5.67. The number of hydrogen-bond donors (Lipinski definition) is 2. The van der Waals surface area contributed by atoms with E-state index < -0.39 is 50.9 Å². The zero-order chi connectivity index (χ0) is 31.1. The van der Waals surface area contributed by atoms with Gasteiger partial charge in [0.25, 0.3) is 15.6 Å². The van der Waals surface area contributed by atoms with Crippen LogP contribution in [-0.2, 0) is 27.4 Å². The van der Waals surface area contributed by atoms with Crippen molar-refractivity contribution in [2.45, 2.75) is 49.9 Å². The van der Waals surface area contributed by atoms with Crippen molar-refractivity contribution in [3.05, 3.63) is 93.8 Å². The van der Waals surface area contributed by atoms with Gasteiger partial charge in [0.05, 0.1) is 5.56 Å². The second-order valence-electron chi connectivity index (χ2n) is 10.6. The molecule has 0 bridgehead atoms. The highest BCUT2D eigenvalue weighted by atomic mass is 32.2. The van der Waals surface area contributed by atoms with E-state index in [9.17, 15) is 36.3 Å². The van der Waals surface area contributed by atoms with Crippen LogP contribution in [-0.4, -0.2) is 41.5 Å². The predicted octanol–water partition coefficient (Wildman–Crippen LogP) is 5.68. The Kier molecular flexibility index (Phi) is 8.10. The summed E-state index contributed by atoms with van der Waals surface area (Å²) in [6.07, 6.45) is -2.85. The lowest BCUT2D eigenvalue weighted by Crippen LogP contribution is -2.49. The number of carboxylic acids is 1. The van der Waals surface area contributed by atoms with Gasteiger partial charge in [-0.15, -0.1) is 0 Å². The fraction of sp³-hybridized carbons (Fsp3) is 0.290. The number of rotatable bonds is 8. The number of anilines is 1. The Morgan fingerprint density at radius 3 is 2.40 bits per heavy atom. The molecule has 3 N–H and O–H groups in total. The number of carboxylic acid groups (broad SMARTS) is 1. The van der Waals surface area contributed by atoms with E-state index in [1.54, 1.807) is 30.3 Å². The molecule has 0 aliphatic carbocycles. The molecule has 4 aromatic rings. The zero-order valence-corrected chi connectivity index (χ0v) is 24.1. The summed E-state index contributed by atoms with van der Waals surface area (Å²) in [6, 6.07) is 14.3. The summed E-state index contributed by atoms with van der Waals surface area (Å²) in [5, 5.41) is 10.9.